The zero-order chi connectivity index (χ0) is 16.2. The minimum Gasteiger partial charge on any atom is -0.262 e. The Morgan fingerprint density at radius 3 is 2.43 bits per heavy atom. The number of nitrogens with zero attached hydrogens (tertiary/aromatic N) is 2. The van der Waals surface area contributed by atoms with Crippen molar-refractivity contribution in [2.24, 2.45) is 10.9 Å². The number of allylic oxidation sites excluding steroid dienone is 1. The average Bonchev–Trinajstić information content (AvgIpc) is 2.60. The van der Waals surface area contributed by atoms with Crippen LogP contribution in [0.15, 0.2) is 16.6 Å². The minimum atomic E-state index is -5.43. The van der Waals surface area contributed by atoms with Crippen molar-refractivity contribution >= 4 is 15.9 Å². The summed E-state index contributed by atoms with van der Waals surface area (Å²) in [5.41, 5.74) is -5.23. The molecule has 0 bridgehead atoms. The van der Waals surface area contributed by atoms with Crippen LogP contribution in [-0.2, 0) is 10.0 Å². The quantitative estimate of drug-likeness (QED) is 0.733. The van der Waals surface area contributed by atoms with Crippen molar-refractivity contribution in [3.8, 4) is 0 Å². The molecule has 0 radical (unpaired) electrons. The molecule has 0 saturated heterocycles. The zero-order valence-electron chi connectivity index (χ0n) is 12.4. The highest BCUT2D eigenvalue weighted by Gasteiger charge is 2.60. The van der Waals surface area contributed by atoms with Crippen LogP contribution >= 0.6 is 0 Å². The number of rotatable bonds is 2. The van der Waals surface area contributed by atoms with E-state index in [0.29, 0.717) is 17.1 Å². The average molecular weight is 324 g/mol. The molecular weight excluding hydrogens is 305 g/mol. The maximum atomic E-state index is 12.9. The summed E-state index contributed by atoms with van der Waals surface area (Å²) in [6.07, 6.45) is 2.89. The first-order valence-corrected chi connectivity index (χ1v) is 8.22. The first kappa shape index (κ1) is 16.3. The molecule has 8 heteroatoms. The molecule has 4 nitrogen and oxygen atoms in total. The van der Waals surface area contributed by atoms with Gasteiger partial charge in [-0.15, -0.1) is 0 Å². The largest absolute Gasteiger partial charge is 0.516 e. The SMILES string of the molecule is CC1=CC2N(S(=O)(=O)C(F)(F)F)C(C)=NC2(C(C)C)CC1. The summed E-state index contributed by atoms with van der Waals surface area (Å²) in [6.45, 7) is 6.86. The summed E-state index contributed by atoms with van der Waals surface area (Å²) in [4.78, 5) is 4.36. The molecule has 1 aliphatic heterocycles. The summed E-state index contributed by atoms with van der Waals surface area (Å²) in [5.74, 6) is -0.146. The standard InChI is InChI=1S/C13H19F3N2O2S/c1-8(2)12-6-5-9(3)7-11(12)18(10(4)17-12)21(19,20)13(14,15)16/h7-8,11H,5-6H2,1-4H3. The summed E-state index contributed by atoms with van der Waals surface area (Å²) in [6, 6.07) is -0.891. The molecule has 120 valence electrons. The number of halogens is 3. The third-order valence-corrected chi connectivity index (χ3v) is 5.96. The molecule has 0 amide bonds. The molecule has 0 fully saturated rings. The van der Waals surface area contributed by atoms with E-state index in [-0.39, 0.29) is 11.8 Å². The Labute approximate surface area is 122 Å². The van der Waals surface area contributed by atoms with Crippen LogP contribution in [0.25, 0.3) is 0 Å². The second kappa shape index (κ2) is 4.72. The number of alkyl halides is 3. The Balaban J connectivity index is 2.61. The maximum absolute atomic E-state index is 12.9. The molecule has 2 rings (SSSR count). The van der Waals surface area contributed by atoms with E-state index in [4.69, 9.17) is 0 Å². The lowest BCUT2D eigenvalue weighted by Gasteiger charge is -2.41. The van der Waals surface area contributed by atoms with Crippen LogP contribution in [0.5, 0.6) is 0 Å². The molecule has 0 aromatic heterocycles. The van der Waals surface area contributed by atoms with Crippen LogP contribution in [-0.4, -0.2) is 35.6 Å². The van der Waals surface area contributed by atoms with Crippen molar-refractivity contribution in [3.63, 3.8) is 0 Å². The lowest BCUT2D eigenvalue weighted by atomic mass is 9.73. The molecule has 0 spiro atoms. The molecule has 2 unspecified atom stereocenters. The number of hydrogen-bond donors (Lipinski definition) is 0. The molecule has 0 aromatic rings. The fourth-order valence-corrected chi connectivity index (χ4v) is 4.34. The highest BCUT2D eigenvalue weighted by Crippen LogP contribution is 2.46. The summed E-state index contributed by atoms with van der Waals surface area (Å²) in [5, 5.41) is 0. The number of amidine groups is 1. The predicted molar refractivity (Wildman–Crippen MR) is 74.3 cm³/mol. The summed E-state index contributed by atoms with van der Waals surface area (Å²) < 4.78 is 63.0. The van der Waals surface area contributed by atoms with Gasteiger partial charge in [-0.1, -0.05) is 25.5 Å². The van der Waals surface area contributed by atoms with E-state index in [2.05, 4.69) is 4.99 Å². The van der Waals surface area contributed by atoms with Crippen molar-refractivity contribution in [1.29, 1.82) is 0 Å². The molecule has 0 saturated carbocycles. The molecule has 2 aliphatic rings. The fraction of sp³-hybridized carbons (Fsp3) is 0.769. The van der Waals surface area contributed by atoms with Crippen molar-refractivity contribution < 1.29 is 21.6 Å². The smallest absolute Gasteiger partial charge is 0.262 e. The molecule has 21 heavy (non-hydrogen) atoms. The van der Waals surface area contributed by atoms with Crippen LogP contribution in [0.1, 0.15) is 40.5 Å². The molecule has 1 aliphatic carbocycles. The van der Waals surface area contributed by atoms with E-state index < -0.39 is 27.1 Å². The van der Waals surface area contributed by atoms with Crippen LogP contribution in [0.3, 0.4) is 0 Å². The first-order chi connectivity index (χ1) is 9.43. The van der Waals surface area contributed by atoms with Crippen molar-refractivity contribution in [2.75, 3.05) is 0 Å². The molecule has 1 heterocycles. The Bertz CT molecular complexity index is 607. The first-order valence-electron chi connectivity index (χ1n) is 6.78. The van der Waals surface area contributed by atoms with Crippen LogP contribution in [0.4, 0.5) is 13.2 Å². The second-order valence-electron chi connectivity index (χ2n) is 6.01. The van der Waals surface area contributed by atoms with E-state index in [0.717, 1.165) is 5.57 Å². The van der Waals surface area contributed by atoms with Gasteiger partial charge in [0.1, 0.15) is 5.84 Å². The molecule has 0 N–H and O–H groups in total. The highest BCUT2D eigenvalue weighted by atomic mass is 32.2. The third kappa shape index (κ3) is 2.27. The van der Waals surface area contributed by atoms with Gasteiger partial charge in [0.05, 0.1) is 11.6 Å². The molecular formula is C13H19F3N2O2S. The molecule has 0 aromatic carbocycles. The van der Waals surface area contributed by atoms with Gasteiger partial charge in [-0.3, -0.25) is 4.99 Å². The third-order valence-electron chi connectivity index (χ3n) is 4.37. The van der Waals surface area contributed by atoms with Crippen molar-refractivity contribution in [2.45, 2.75) is 57.6 Å². The Morgan fingerprint density at radius 1 is 1.38 bits per heavy atom. The van der Waals surface area contributed by atoms with Gasteiger partial charge < -0.3 is 0 Å². The van der Waals surface area contributed by atoms with Gasteiger partial charge >= 0.3 is 15.5 Å². The van der Waals surface area contributed by atoms with Gasteiger partial charge in [-0.25, -0.2) is 4.31 Å². The van der Waals surface area contributed by atoms with Gasteiger partial charge in [0.2, 0.25) is 0 Å². The van der Waals surface area contributed by atoms with Gasteiger partial charge in [0, 0.05) is 0 Å². The second-order valence-corrected chi connectivity index (χ2v) is 7.82. The monoisotopic (exact) mass is 324 g/mol. The maximum Gasteiger partial charge on any atom is 0.516 e. The van der Waals surface area contributed by atoms with E-state index in [1.54, 1.807) is 13.0 Å². The van der Waals surface area contributed by atoms with Crippen molar-refractivity contribution in [3.05, 3.63) is 11.6 Å². The van der Waals surface area contributed by atoms with E-state index in [1.807, 2.05) is 13.8 Å². The minimum absolute atomic E-state index is 0.0600. The van der Waals surface area contributed by atoms with E-state index >= 15 is 0 Å². The van der Waals surface area contributed by atoms with Crippen molar-refractivity contribution in [1.82, 2.24) is 4.31 Å². The number of hydrogen-bond acceptors (Lipinski definition) is 3. The highest BCUT2D eigenvalue weighted by molar-refractivity contribution is 7.90. The molecule has 2 atom stereocenters. The Hall–Kier alpha value is -1.05. The lowest BCUT2D eigenvalue weighted by Crippen LogP contribution is -2.54. The normalized spacial score (nSPS) is 30.3. The summed E-state index contributed by atoms with van der Waals surface area (Å²) in [7, 11) is -5.43. The predicted octanol–water partition coefficient (Wildman–Crippen LogP) is 3.07. The topological polar surface area (TPSA) is 49.7 Å². The Kier molecular flexibility index (Phi) is 3.67. The fourth-order valence-electron chi connectivity index (χ4n) is 3.18. The van der Waals surface area contributed by atoms with Crippen LogP contribution < -0.4 is 0 Å². The van der Waals surface area contributed by atoms with Crippen LogP contribution in [0, 0.1) is 5.92 Å². The van der Waals surface area contributed by atoms with E-state index in [9.17, 15) is 21.6 Å². The van der Waals surface area contributed by atoms with Gasteiger partial charge in [0.25, 0.3) is 0 Å². The number of aliphatic imine (C=N–C) groups is 1. The zero-order valence-corrected chi connectivity index (χ0v) is 13.2. The number of fused-ring (bicyclic) bond motifs is 1. The van der Waals surface area contributed by atoms with Crippen LogP contribution in [0.2, 0.25) is 0 Å². The van der Waals surface area contributed by atoms with Gasteiger partial charge in [-0.05, 0) is 32.6 Å². The Morgan fingerprint density at radius 2 is 1.95 bits per heavy atom. The van der Waals surface area contributed by atoms with E-state index in [1.165, 1.54) is 6.92 Å². The lowest BCUT2D eigenvalue weighted by molar-refractivity contribution is -0.0480. The summed E-state index contributed by atoms with van der Waals surface area (Å²) >= 11 is 0. The van der Waals surface area contributed by atoms with Gasteiger partial charge in [-0.2, -0.15) is 21.6 Å². The van der Waals surface area contributed by atoms with Gasteiger partial charge in [0.15, 0.2) is 0 Å². The number of sulfonamides is 1.